The van der Waals surface area contributed by atoms with Gasteiger partial charge in [0.05, 0.1) is 4.99 Å². The summed E-state index contributed by atoms with van der Waals surface area (Å²) in [6.07, 6.45) is 1.47. The van der Waals surface area contributed by atoms with Crippen LogP contribution in [0.1, 0.15) is 33.6 Å². The summed E-state index contributed by atoms with van der Waals surface area (Å²) in [6.45, 7) is 8.04. The van der Waals surface area contributed by atoms with E-state index in [9.17, 15) is 4.79 Å². The summed E-state index contributed by atoms with van der Waals surface area (Å²) < 4.78 is 5.23. The van der Waals surface area contributed by atoms with Crippen LogP contribution in [-0.2, 0) is 4.74 Å². The highest BCUT2D eigenvalue weighted by molar-refractivity contribution is 7.80. The van der Waals surface area contributed by atoms with E-state index in [0.717, 1.165) is 25.9 Å². The first-order valence-corrected chi connectivity index (χ1v) is 6.67. The summed E-state index contributed by atoms with van der Waals surface area (Å²) in [4.78, 5) is 14.3. The number of rotatable bonds is 3. The van der Waals surface area contributed by atoms with E-state index in [2.05, 4.69) is 10.2 Å². The van der Waals surface area contributed by atoms with Crippen LogP contribution in [-0.4, -0.2) is 47.3 Å². The first-order chi connectivity index (χ1) is 8.26. The lowest BCUT2D eigenvalue weighted by atomic mass is 10.1. The van der Waals surface area contributed by atoms with Crippen molar-refractivity contribution >= 4 is 23.3 Å². The molecule has 18 heavy (non-hydrogen) atoms. The second-order valence-corrected chi connectivity index (χ2v) is 6.19. The Morgan fingerprint density at radius 2 is 2.00 bits per heavy atom. The van der Waals surface area contributed by atoms with E-state index in [1.54, 1.807) is 0 Å². The molecule has 0 unspecified atom stereocenters. The molecule has 0 radical (unpaired) electrons. The molecule has 3 N–H and O–H groups in total. The van der Waals surface area contributed by atoms with Crippen molar-refractivity contribution in [3.63, 3.8) is 0 Å². The fraction of sp³-hybridized carbons (Fsp3) is 0.833. The fourth-order valence-electron chi connectivity index (χ4n) is 1.93. The number of nitrogens with two attached hydrogens (primary N) is 1. The predicted octanol–water partition coefficient (Wildman–Crippen LogP) is 1.26. The van der Waals surface area contributed by atoms with Gasteiger partial charge in [0.2, 0.25) is 0 Å². The van der Waals surface area contributed by atoms with Crippen molar-refractivity contribution in [3.05, 3.63) is 0 Å². The van der Waals surface area contributed by atoms with Crippen LogP contribution in [0.15, 0.2) is 0 Å². The van der Waals surface area contributed by atoms with Gasteiger partial charge in [0, 0.05) is 25.7 Å². The van der Waals surface area contributed by atoms with E-state index in [4.69, 9.17) is 22.7 Å². The molecular formula is C12H23N3O2S. The summed E-state index contributed by atoms with van der Waals surface area (Å²) in [7, 11) is 0. The molecule has 1 rings (SSSR count). The van der Waals surface area contributed by atoms with Gasteiger partial charge in [-0.1, -0.05) is 12.2 Å². The molecule has 1 amide bonds. The van der Waals surface area contributed by atoms with E-state index < -0.39 is 5.60 Å². The zero-order valence-electron chi connectivity index (χ0n) is 11.4. The molecule has 1 fully saturated rings. The maximum atomic E-state index is 11.6. The lowest BCUT2D eigenvalue weighted by molar-refractivity contribution is 0.0482. The van der Waals surface area contributed by atoms with Crippen LogP contribution >= 0.6 is 12.2 Å². The number of piperidine rings is 1. The van der Waals surface area contributed by atoms with Crippen molar-refractivity contribution in [2.24, 2.45) is 5.73 Å². The molecular weight excluding hydrogens is 250 g/mol. The predicted molar refractivity (Wildman–Crippen MR) is 75.6 cm³/mol. The van der Waals surface area contributed by atoms with Crippen molar-refractivity contribution in [3.8, 4) is 0 Å². The Balaban J connectivity index is 2.27. The number of thiocarbonyl (C=S) groups is 1. The summed E-state index contributed by atoms with van der Waals surface area (Å²) in [5.41, 5.74) is 5.06. The number of carbonyl (C=O) groups excluding carboxylic acids is 1. The minimum Gasteiger partial charge on any atom is -0.444 e. The molecule has 6 heteroatoms. The summed E-state index contributed by atoms with van der Waals surface area (Å²) in [6, 6.07) is 0.183. The monoisotopic (exact) mass is 273 g/mol. The molecule has 1 heterocycles. The van der Waals surface area contributed by atoms with E-state index >= 15 is 0 Å². The van der Waals surface area contributed by atoms with Gasteiger partial charge in [-0.15, -0.1) is 0 Å². The number of ether oxygens (including phenoxy) is 1. The Kier molecular flexibility index (Phi) is 5.34. The molecule has 0 aromatic rings. The molecule has 0 atom stereocenters. The van der Waals surface area contributed by atoms with Crippen LogP contribution in [0.3, 0.4) is 0 Å². The summed E-state index contributed by atoms with van der Waals surface area (Å²) >= 11 is 4.88. The highest BCUT2D eigenvalue weighted by Crippen LogP contribution is 2.12. The van der Waals surface area contributed by atoms with E-state index in [1.807, 2.05) is 20.8 Å². The van der Waals surface area contributed by atoms with Crippen LogP contribution < -0.4 is 11.1 Å². The van der Waals surface area contributed by atoms with Gasteiger partial charge >= 0.3 is 6.09 Å². The maximum absolute atomic E-state index is 11.6. The van der Waals surface area contributed by atoms with Crippen LogP contribution in [0, 0.1) is 0 Å². The maximum Gasteiger partial charge on any atom is 0.407 e. The van der Waals surface area contributed by atoms with Gasteiger partial charge in [0.25, 0.3) is 0 Å². The average Bonchev–Trinajstić information content (AvgIpc) is 2.17. The molecule has 5 nitrogen and oxygen atoms in total. The largest absolute Gasteiger partial charge is 0.444 e. The van der Waals surface area contributed by atoms with Gasteiger partial charge in [0.1, 0.15) is 5.60 Å². The number of hydrogen-bond acceptors (Lipinski definition) is 4. The van der Waals surface area contributed by atoms with E-state index in [-0.39, 0.29) is 12.1 Å². The van der Waals surface area contributed by atoms with Gasteiger partial charge in [-0.05, 0) is 33.6 Å². The third-order valence-electron chi connectivity index (χ3n) is 2.69. The number of amides is 1. The number of nitrogens with zero attached hydrogens (tertiary/aromatic N) is 1. The Bertz CT molecular complexity index is 307. The second-order valence-electron chi connectivity index (χ2n) is 5.66. The molecule has 1 saturated heterocycles. The Morgan fingerprint density at radius 1 is 1.44 bits per heavy atom. The van der Waals surface area contributed by atoms with Crippen molar-refractivity contribution in [2.75, 3.05) is 19.6 Å². The van der Waals surface area contributed by atoms with Crippen LogP contribution in [0.2, 0.25) is 0 Å². The van der Waals surface area contributed by atoms with Crippen molar-refractivity contribution in [1.29, 1.82) is 0 Å². The quantitative estimate of drug-likeness (QED) is 0.758. The average molecular weight is 273 g/mol. The van der Waals surface area contributed by atoms with Crippen LogP contribution in [0.4, 0.5) is 4.79 Å². The van der Waals surface area contributed by atoms with Crippen molar-refractivity contribution in [2.45, 2.75) is 45.3 Å². The molecule has 0 aromatic carbocycles. The second kappa shape index (κ2) is 6.33. The molecule has 0 bridgehead atoms. The first-order valence-electron chi connectivity index (χ1n) is 6.26. The van der Waals surface area contributed by atoms with Crippen molar-refractivity contribution in [1.82, 2.24) is 10.2 Å². The molecule has 0 spiro atoms. The van der Waals surface area contributed by atoms with Crippen LogP contribution in [0.25, 0.3) is 0 Å². The Morgan fingerprint density at radius 3 is 2.44 bits per heavy atom. The standard InChI is InChI=1S/C12H23N3O2S/c1-12(2,3)17-11(16)14-9-4-6-15(7-5-9)8-10(13)18/h9H,4-8H2,1-3H3,(H2,13,18)(H,14,16). The lowest BCUT2D eigenvalue weighted by Gasteiger charge is -2.32. The molecule has 1 aliphatic rings. The Hall–Kier alpha value is -0.880. The zero-order chi connectivity index (χ0) is 13.8. The number of likely N-dealkylation sites (tertiary alicyclic amines) is 1. The third kappa shape index (κ3) is 6.16. The van der Waals surface area contributed by atoms with Gasteiger partial charge < -0.3 is 15.8 Å². The van der Waals surface area contributed by atoms with Gasteiger partial charge in [-0.25, -0.2) is 4.79 Å². The minimum atomic E-state index is -0.448. The number of alkyl carbamates (subject to hydrolysis) is 1. The SMILES string of the molecule is CC(C)(C)OC(=O)NC1CCN(CC(N)=S)CC1. The molecule has 0 aliphatic carbocycles. The van der Waals surface area contributed by atoms with Gasteiger partial charge in [0.15, 0.2) is 0 Å². The summed E-state index contributed by atoms with van der Waals surface area (Å²) in [5.74, 6) is 0. The zero-order valence-corrected chi connectivity index (χ0v) is 12.2. The van der Waals surface area contributed by atoms with Crippen LogP contribution in [0.5, 0.6) is 0 Å². The topological polar surface area (TPSA) is 67.6 Å². The molecule has 0 saturated carbocycles. The first kappa shape index (κ1) is 15.2. The molecule has 104 valence electrons. The number of hydrogen-bond donors (Lipinski definition) is 2. The van der Waals surface area contributed by atoms with E-state index in [0.29, 0.717) is 11.5 Å². The summed E-state index contributed by atoms with van der Waals surface area (Å²) in [5, 5.41) is 2.90. The number of nitrogens with one attached hydrogen (secondary N) is 1. The fourth-order valence-corrected chi connectivity index (χ4v) is 2.11. The normalized spacial score (nSPS) is 18.4. The third-order valence-corrected chi connectivity index (χ3v) is 2.82. The van der Waals surface area contributed by atoms with Gasteiger partial charge in [-0.2, -0.15) is 0 Å². The molecule has 0 aromatic heterocycles. The lowest BCUT2D eigenvalue weighted by Crippen LogP contribution is -2.47. The van der Waals surface area contributed by atoms with Gasteiger partial charge in [-0.3, -0.25) is 4.90 Å². The smallest absolute Gasteiger partial charge is 0.407 e. The highest BCUT2D eigenvalue weighted by atomic mass is 32.1. The minimum absolute atomic E-state index is 0.183. The Labute approximate surface area is 114 Å². The number of carbonyl (C=O) groups is 1. The molecule has 1 aliphatic heterocycles. The van der Waals surface area contributed by atoms with E-state index in [1.165, 1.54) is 0 Å². The highest BCUT2D eigenvalue weighted by Gasteiger charge is 2.23. The van der Waals surface area contributed by atoms with Crippen molar-refractivity contribution < 1.29 is 9.53 Å².